The summed E-state index contributed by atoms with van der Waals surface area (Å²) in [6.07, 6.45) is 3.72. The van der Waals surface area contributed by atoms with Crippen LogP contribution in [0, 0.1) is 11.3 Å². The fourth-order valence-electron chi connectivity index (χ4n) is 3.29. The summed E-state index contributed by atoms with van der Waals surface area (Å²) in [4.78, 5) is 36.2. The molecule has 2 N–H and O–H groups in total. The minimum Gasteiger partial charge on any atom is -0.481 e. The summed E-state index contributed by atoms with van der Waals surface area (Å²) in [7, 11) is 0. The summed E-state index contributed by atoms with van der Waals surface area (Å²) >= 11 is 0. The topological polar surface area (TPSA) is 86.7 Å². The number of hydrogen-bond acceptors (Lipinski definition) is 3. The summed E-state index contributed by atoms with van der Waals surface area (Å²) in [6, 6.07) is 0. The molecule has 118 valence electrons. The smallest absolute Gasteiger partial charge is 0.307 e. The standard InChI is InChI=1S/C15H24N2O4/c1-2-16-12(18)4-3-5-13(19)17-8-6-15(7-9-17)10-11(15)14(20)21/h11H,2-10H2,1H3,(H,16,18)(H,20,21). The summed E-state index contributed by atoms with van der Waals surface area (Å²) in [6.45, 7) is 3.80. The lowest BCUT2D eigenvalue weighted by Crippen LogP contribution is -2.40. The minimum absolute atomic E-state index is 0.00909. The van der Waals surface area contributed by atoms with Gasteiger partial charge in [0.05, 0.1) is 5.92 Å². The number of carboxylic acid groups (broad SMARTS) is 1. The van der Waals surface area contributed by atoms with Crippen molar-refractivity contribution in [1.82, 2.24) is 10.2 Å². The number of carbonyl (C=O) groups excluding carboxylic acids is 2. The number of hydrogen-bond donors (Lipinski definition) is 2. The molecule has 1 spiro atoms. The monoisotopic (exact) mass is 296 g/mol. The van der Waals surface area contributed by atoms with E-state index in [-0.39, 0.29) is 23.1 Å². The molecule has 2 amide bonds. The lowest BCUT2D eigenvalue weighted by Gasteiger charge is -2.32. The average molecular weight is 296 g/mol. The Morgan fingerprint density at radius 1 is 1.24 bits per heavy atom. The maximum atomic E-state index is 12.1. The van der Waals surface area contributed by atoms with Crippen molar-refractivity contribution in [3.8, 4) is 0 Å². The first-order chi connectivity index (χ1) is 9.98. The number of likely N-dealkylation sites (tertiary alicyclic amines) is 1. The molecule has 21 heavy (non-hydrogen) atoms. The van der Waals surface area contributed by atoms with Gasteiger partial charge in [-0.15, -0.1) is 0 Å². The zero-order valence-electron chi connectivity index (χ0n) is 12.6. The van der Waals surface area contributed by atoms with E-state index in [4.69, 9.17) is 5.11 Å². The van der Waals surface area contributed by atoms with Crippen LogP contribution in [0.4, 0.5) is 0 Å². The highest BCUT2D eigenvalue weighted by Crippen LogP contribution is 2.59. The molecule has 1 heterocycles. The average Bonchev–Trinajstić information content (AvgIpc) is 3.14. The van der Waals surface area contributed by atoms with E-state index in [1.807, 2.05) is 11.8 Å². The normalized spacial score (nSPS) is 22.9. The van der Waals surface area contributed by atoms with Crippen molar-refractivity contribution in [3.63, 3.8) is 0 Å². The molecular weight excluding hydrogens is 272 g/mol. The highest BCUT2D eigenvalue weighted by atomic mass is 16.4. The molecule has 1 aliphatic heterocycles. The number of nitrogens with zero attached hydrogens (tertiary/aromatic N) is 1. The van der Waals surface area contributed by atoms with E-state index in [2.05, 4.69) is 5.32 Å². The molecule has 6 nitrogen and oxygen atoms in total. The van der Waals surface area contributed by atoms with Gasteiger partial charge in [-0.05, 0) is 38.0 Å². The van der Waals surface area contributed by atoms with Crippen molar-refractivity contribution in [2.75, 3.05) is 19.6 Å². The van der Waals surface area contributed by atoms with Crippen molar-refractivity contribution in [1.29, 1.82) is 0 Å². The molecule has 1 aliphatic carbocycles. The van der Waals surface area contributed by atoms with Crippen LogP contribution < -0.4 is 5.32 Å². The Hall–Kier alpha value is -1.59. The van der Waals surface area contributed by atoms with Gasteiger partial charge < -0.3 is 15.3 Å². The summed E-state index contributed by atoms with van der Waals surface area (Å²) in [5.41, 5.74) is -0.0381. The van der Waals surface area contributed by atoms with Gasteiger partial charge in [-0.2, -0.15) is 0 Å². The molecule has 1 atom stereocenters. The SMILES string of the molecule is CCNC(=O)CCCC(=O)N1CCC2(CC1)CC2C(=O)O. The van der Waals surface area contributed by atoms with E-state index < -0.39 is 5.97 Å². The molecule has 2 rings (SSSR count). The molecule has 0 aromatic rings. The van der Waals surface area contributed by atoms with Crippen LogP contribution in [0.5, 0.6) is 0 Å². The van der Waals surface area contributed by atoms with Gasteiger partial charge in [0.15, 0.2) is 0 Å². The number of amides is 2. The Bertz CT molecular complexity index is 427. The van der Waals surface area contributed by atoms with E-state index >= 15 is 0 Å². The maximum Gasteiger partial charge on any atom is 0.307 e. The first-order valence-electron chi connectivity index (χ1n) is 7.76. The van der Waals surface area contributed by atoms with Crippen molar-refractivity contribution < 1.29 is 19.5 Å². The van der Waals surface area contributed by atoms with Crippen LogP contribution in [0.25, 0.3) is 0 Å². The first kappa shape index (κ1) is 15.8. The number of aliphatic carboxylic acids is 1. The number of piperidine rings is 1. The van der Waals surface area contributed by atoms with Gasteiger partial charge in [0.1, 0.15) is 0 Å². The van der Waals surface area contributed by atoms with Gasteiger partial charge >= 0.3 is 5.97 Å². The largest absolute Gasteiger partial charge is 0.481 e. The third kappa shape index (κ3) is 3.74. The predicted molar refractivity (Wildman–Crippen MR) is 76.5 cm³/mol. The molecule has 0 aromatic heterocycles. The molecule has 0 aromatic carbocycles. The van der Waals surface area contributed by atoms with Gasteiger partial charge in [-0.25, -0.2) is 0 Å². The van der Waals surface area contributed by atoms with E-state index in [0.717, 1.165) is 19.3 Å². The fraction of sp³-hybridized carbons (Fsp3) is 0.800. The van der Waals surface area contributed by atoms with Crippen LogP contribution in [0.3, 0.4) is 0 Å². The lowest BCUT2D eigenvalue weighted by atomic mass is 9.90. The second kappa shape index (κ2) is 6.45. The Morgan fingerprint density at radius 2 is 1.90 bits per heavy atom. The van der Waals surface area contributed by atoms with Crippen molar-refractivity contribution in [2.45, 2.75) is 45.4 Å². The van der Waals surface area contributed by atoms with E-state index in [0.29, 0.717) is 38.9 Å². The highest BCUT2D eigenvalue weighted by Gasteiger charge is 2.59. The maximum absolute atomic E-state index is 12.1. The van der Waals surface area contributed by atoms with Crippen molar-refractivity contribution >= 4 is 17.8 Å². The first-order valence-corrected chi connectivity index (χ1v) is 7.76. The fourth-order valence-corrected chi connectivity index (χ4v) is 3.29. The zero-order chi connectivity index (χ0) is 15.5. The molecular formula is C15H24N2O4. The van der Waals surface area contributed by atoms with Crippen LogP contribution in [-0.4, -0.2) is 47.4 Å². The van der Waals surface area contributed by atoms with Crippen molar-refractivity contribution in [3.05, 3.63) is 0 Å². The number of carboxylic acids is 1. The molecule has 0 bridgehead atoms. The van der Waals surface area contributed by atoms with E-state index in [1.165, 1.54) is 0 Å². The Labute approximate surface area is 124 Å². The highest BCUT2D eigenvalue weighted by molar-refractivity contribution is 5.79. The second-order valence-corrected chi connectivity index (χ2v) is 6.15. The molecule has 2 fully saturated rings. The molecule has 6 heteroatoms. The van der Waals surface area contributed by atoms with Crippen LogP contribution in [0.1, 0.15) is 45.4 Å². The van der Waals surface area contributed by atoms with E-state index in [1.54, 1.807) is 0 Å². The summed E-state index contributed by atoms with van der Waals surface area (Å²) in [5, 5.41) is 11.8. The van der Waals surface area contributed by atoms with Crippen molar-refractivity contribution in [2.24, 2.45) is 11.3 Å². The number of carbonyl (C=O) groups is 3. The van der Waals surface area contributed by atoms with Gasteiger partial charge in [0.2, 0.25) is 11.8 Å². The molecule has 0 radical (unpaired) electrons. The summed E-state index contributed by atoms with van der Waals surface area (Å²) < 4.78 is 0. The van der Waals surface area contributed by atoms with E-state index in [9.17, 15) is 14.4 Å². The Morgan fingerprint density at radius 3 is 2.43 bits per heavy atom. The quantitative estimate of drug-likeness (QED) is 0.765. The molecule has 2 aliphatic rings. The van der Waals surface area contributed by atoms with Gasteiger partial charge in [0.25, 0.3) is 0 Å². The predicted octanol–water partition coefficient (Wildman–Crippen LogP) is 1.01. The second-order valence-electron chi connectivity index (χ2n) is 6.15. The third-order valence-corrected chi connectivity index (χ3v) is 4.77. The molecule has 1 unspecified atom stereocenters. The van der Waals surface area contributed by atoms with Gasteiger partial charge in [-0.3, -0.25) is 14.4 Å². The zero-order valence-corrected chi connectivity index (χ0v) is 12.6. The van der Waals surface area contributed by atoms with Crippen LogP contribution in [0.2, 0.25) is 0 Å². The van der Waals surface area contributed by atoms with Gasteiger partial charge in [0, 0.05) is 32.5 Å². The van der Waals surface area contributed by atoms with Crippen LogP contribution in [0.15, 0.2) is 0 Å². The number of rotatable bonds is 6. The van der Waals surface area contributed by atoms with Crippen LogP contribution >= 0.6 is 0 Å². The van der Waals surface area contributed by atoms with Crippen LogP contribution in [-0.2, 0) is 14.4 Å². The third-order valence-electron chi connectivity index (χ3n) is 4.77. The molecule has 1 saturated heterocycles. The van der Waals surface area contributed by atoms with Gasteiger partial charge in [-0.1, -0.05) is 0 Å². The number of nitrogens with one attached hydrogen (secondary N) is 1. The lowest BCUT2D eigenvalue weighted by molar-refractivity contribution is -0.139. The Kier molecular flexibility index (Phi) is 4.85. The molecule has 1 saturated carbocycles. The minimum atomic E-state index is -0.697. The Balaban J connectivity index is 1.67. The summed E-state index contributed by atoms with van der Waals surface area (Å²) in [5.74, 6) is -0.823.